The van der Waals surface area contributed by atoms with E-state index in [-0.39, 0.29) is 36.8 Å². The largest absolute Gasteiger partial charge is 0.396 e. The summed E-state index contributed by atoms with van der Waals surface area (Å²) >= 11 is 0. The zero-order valence-corrected chi connectivity index (χ0v) is 21.1. The second-order valence-corrected chi connectivity index (χ2v) is 10.3. The summed E-state index contributed by atoms with van der Waals surface area (Å²) in [6.07, 6.45) is 0.311. The van der Waals surface area contributed by atoms with E-state index in [1.54, 1.807) is 48.5 Å². The highest BCUT2D eigenvalue weighted by Crippen LogP contribution is 2.46. The van der Waals surface area contributed by atoms with Gasteiger partial charge < -0.3 is 5.11 Å². The lowest BCUT2D eigenvalue weighted by Gasteiger charge is -2.30. The molecule has 6 aromatic carbocycles. The number of aliphatic hydroxyl groups is 1. The number of carbonyl (C=O) groups is 4. The van der Waals surface area contributed by atoms with E-state index in [1.807, 2.05) is 30.3 Å². The molecule has 7 heteroatoms. The summed E-state index contributed by atoms with van der Waals surface area (Å²) in [5, 5.41) is 15.5. The lowest BCUT2D eigenvalue weighted by atomic mass is 9.82. The van der Waals surface area contributed by atoms with Crippen molar-refractivity contribution in [3.63, 3.8) is 0 Å². The number of hydrogen-bond donors (Lipinski definition) is 1. The third-order valence-electron chi connectivity index (χ3n) is 8.27. The molecule has 2 aliphatic heterocycles. The zero-order valence-electron chi connectivity index (χ0n) is 21.1. The van der Waals surface area contributed by atoms with Gasteiger partial charge in [-0.2, -0.15) is 0 Å². The summed E-state index contributed by atoms with van der Waals surface area (Å²) in [5.74, 6) is -1.49. The summed E-state index contributed by atoms with van der Waals surface area (Å²) in [5.41, 5.74) is 2.33. The molecule has 0 aromatic heterocycles. The molecule has 2 aliphatic rings. The molecule has 0 unspecified atom stereocenters. The van der Waals surface area contributed by atoms with Crippen LogP contribution in [0.15, 0.2) is 78.9 Å². The average Bonchev–Trinajstić information content (AvgIpc) is 2.98. The molecule has 1 N–H and O–H groups in total. The zero-order chi connectivity index (χ0) is 27.3. The fourth-order valence-electron chi connectivity index (χ4n) is 6.56. The van der Waals surface area contributed by atoms with Crippen LogP contribution in [0.1, 0.15) is 47.9 Å². The van der Waals surface area contributed by atoms with Gasteiger partial charge in [0.1, 0.15) is 0 Å². The van der Waals surface area contributed by atoms with E-state index in [4.69, 9.17) is 0 Å². The molecule has 0 spiro atoms. The molecular weight excluding hydrogens is 504 g/mol. The number of imide groups is 2. The van der Waals surface area contributed by atoms with Crippen LogP contribution in [0.3, 0.4) is 0 Å². The van der Waals surface area contributed by atoms with Crippen LogP contribution in [0.25, 0.3) is 43.1 Å². The minimum absolute atomic E-state index is 0.115. The Hall–Kier alpha value is -5.14. The number of fused-ring (bicyclic) bond motifs is 2. The molecule has 0 bridgehead atoms. The Labute approximate surface area is 227 Å². The van der Waals surface area contributed by atoms with Gasteiger partial charge in [0.15, 0.2) is 0 Å². The van der Waals surface area contributed by atoms with Crippen LogP contribution in [0.2, 0.25) is 0 Å². The van der Waals surface area contributed by atoms with E-state index in [0.717, 1.165) is 32.3 Å². The van der Waals surface area contributed by atoms with Crippen LogP contribution < -0.4 is 4.90 Å². The minimum Gasteiger partial charge on any atom is -0.396 e. The third kappa shape index (κ3) is 2.71. The van der Waals surface area contributed by atoms with Crippen molar-refractivity contribution < 1.29 is 24.3 Å². The first-order valence-corrected chi connectivity index (χ1v) is 13.1. The molecule has 0 saturated carbocycles. The van der Waals surface area contributed by atoms with E-state index < -0.39 is 0 Å². The molecule has 8 rings (SSSR count). The molecule has 4 amide bonds. The fraction of sp³-hybridized carbons (Fsp3) is 0.0909. The van der Waals surface area contributed by atoms with E-state index in [2.05, 4.69) is 0 Å². The van der Waals surface area contributed by atoms with Crippen LogP contribution in [0, 0.1) is 0 Å². The molecule has 7 nitrogen and oxygen atoms in total. The number of nitrogens with zero attached hydrogens (tertiary/aromatic N) is 2. The highest BCUT2D eigenvalue weighted by Gasteiger charge is 2.37. The van der Waals surface area contributed by atoms with Crippen molar-refractivity contribution in [1.29, 1.82) is 0 Å². The normalized spacial score (nSPS) is 15.0. The molecule has 6 aromatic rings. The van der Waals surface area contributed by atoms with Crippen molar-refractivity contribution in [3.8, 4) is 0 Å². The molecule has 0 saturated heterocycles. The van der Waals surface area contributed by atoms with Gasteiger partial charge in [0.05, 0.1) is 5.69 Å². The molecule has 0 atom stereocenters. The van der Waals surface area contributed by atoms with Crippen LogP contribution in [0.4, 0.5) is 5.69 Å². The van der Waals surface area contributed by atoms with Crippen molar-refractivity contribution in [2.24, 2.45) is 0 Å². The Balaban J connectivity index is 1.44. The van der Waals surface area contributed by atoms with Crippen molar-refractivity contribution in [3.05, 3.63) is 101 Å². The maximum absolute atomic E-state index is 13.7. The molecule has 192 valence electrons. The summed E-state index contributed by atoms with van der Waals surface area (Å²) in [4.78, 5) is 56.6. The number of hydrogen-bond acceptors (Lipinski definition) is 5. The lowest BCUT2D eigenvalue weighted by Crippen LogP contribution is -2.41. The number of carbonyl (C=O) groups excluding carboxylic acids is 4. The van der Waals surface area contributed by atoms with Crippen LogP contribution in [0.5, 0.6) is 0 Å². The fourth-order valence-corrected chi connectivity index (χ4v) is 6.56. The Morgan fingerprint density at radius 3 is 1.35 bits per heavy atom. The lowest BCUT2D eigenvalue weighted by molar-refractivity contribution is 0.0601. The van der Waals surface area contributed by atoms with Gasteiger partial charge in [-0.25, -0.2) is 4.90 Å². The maximum Gasteiger partial charge on any atom is 0.265 e. The SMILES string of the molecule is O=C1c2ccc3c4ccc5c6c(ccc(c7ccc(c2c37)C(=O)N1CCCO)c64)C(=O)N(c1ccccc1)C5=O. The molecule has 0 aliphatic carbocycles. The monoisotopic (exact) mass is 524 g/mol. The molecule has 2 heterocycles. The first kappa shape index (κ1) is 22.8. The van der Waals surface area contributed by atoms with Crippen molar-refractivity contribution in [2.45, 2.75) is 6.42 Å². The van der Waals surface area contributed by atoms with Gasteiger partial charge in [0.25, 0.3) is 23.6 Å². The summed E-state index contributed by atoms with van der Waals surface area (Å²) in [6.45, 7) is 0.0322. The average molecular weight is 525 g/mol. The van der Waals surface area contributed by atoms with Crippen LogP contribution in [-0.4, -0.2) is 46.8 Å². The third-order valence-corrected chi connectivity index (χ3v) is 8.27. The van der Waals surface area contributed by atoms with Gasteiger partial charge in [0, 0.05) is 46.2 Å². The predicted molar refractivity (Wildman–Crippen MR) is 152 cm³/mol. The van der Waals surface area contributed by atoms with Crippen molar-refractivity contribution in [1.82, 2.24) is 4.90 Å². The summed E-state index contributed by atoms with van der Waals surface area (Å²) in [6, 6.07) is 23.5. The van der Waals surface area contributed by atoms with Gasteiger partial charge in [-0.15, -0.1) is 0 Å². The van der Waals surface area contributed by atoms with Gasteiger partial charge in [-0.3, -0.25) is 24.1 Å². The number of amides is 4. The van der Waals surface area contributed by atoms with Gasteiger partial charge in [0.2, 0.25) is 0 Å². The Morgan fingerprint density at radius 1 is 0.500 bits per heavy atom. The highest BCUT2D eigenvalue weighted by molar-refractivity contribution is 6.43. The van der Waals surface area contributed by atoms with E-state index in [1.165, 1.54) is 9.80 Å². The number of benzene rings is 6. The van der Waals surface area contributed by atoms with Gasteiger partial charge in [-0.05, 0) is 75.1 Å². The number of aliphatic hydroxyl groups excluding tert-OH is 1. The van der Waals surface area contributed by atoms with E-state index in [9.17, 15) is 24.3 Å². The second-order valence-electron chi connectivity index (χ2n) is 10.3. The first-order valence-electron chi connectivity index (χ1n) is 13.1. The standard InChI is InChI=1S/C33H20N2O5/c36-16-4-15-34-30(37)22-11-7-18-20-9-13-24-29-25(33(40)35(32(24)39)17-5-2-1-3-6-17)14-10-21(27(20)29)19-8-12-23(31(34)38)28(22)26(18)19/h1-3,5-14,36H,4,15-16H2. The van der Waals surface area contributed by atoms with Gasteiger partial charge in [-0.1, -0.05) is 42.5 Å². The second kappa shape index (κ2) is 7.94. The Morgan fingerprint density at radius 2 is 0.925 bits per heavy atom. The van der Waals surface area contributed by atoms with E-state index in [0.29, 0.717) is 45.1 Å². The molecule has 0 fully saturated rings. The topological polar surface area (TPSA) is 95.0 Å². The van der Waals surface area contributed by atoms with Gasteiger partial charge >= 0.3 is 0 Å². The minimum atomic E-state index is -0.373. The number of para-hydroxylation sites is 1. The predicted octanol–water partition coefficient (Wildman–Crippen LogP) is 5.52. The Kier molecular flexibility index (Phi) is 4.53. The number of anilines is 1. The highest BCUT2D eigenvalue weighted by atomic mass is 16.3. The maximum atomic E-state index is 13.7. The quantitative estimate of drug-likeness (QED) is 0.186. The Bertz CT molecular complexity index is 2010. The number of rotatable bonds is 4. The van der Waals surface area contributed by atoms with E-state index >= 15 is 0 Å². The molecular formula is C33H20N2O5. The van der Waals surface area contributed by atoms with Crippen LogP contribution in [-0.2, 0) is 0 Å². The summed E-state index contributed by atoms with van der Waals surface area (Å²) in [7, 11) is 0. The van der Waals surface area contributed by atoms with Crippen LogP contribution >= 0.6 is 0 Å². The van der Waals surface area contributed by atoms with Crippen molar-refractivity contribution >= 4 is 72.4 Å². The molecule has 0 radical (unpaired) electrons. The van der Waals surface area contributed by atoms with Crippen molar-refractivity contribution in [2.75, 3.05) is 18.1 Å². The first-order chi connectivity index (χ1) is 19.5. The smallest absolute Gasteiger partial charge is 0.265 e. The molecule has 40 heavy (non-hydrogen) atoms. The summed E-state index contributed by atoms with van der Waals surface area (Å²) < 4.78 is 0.